The molecule has 1 atom stereocenters. The summed E-state index contributed by atoms with van der Waals surface area (Å²) in [6.07, 6.45) is 1.54. The van der Waals surface area contributed by atoms with Gasteiger partial charge in [0.1, 0.15) is 12.1 Å². The molecular formula is C11H12FNO. The fourth-order valence-electron chi connectivity index (χ4n) is 1.96. The Labute approximate surface area is 82.3 Å². The first kappa shape index (κ1) is 9.19. The normalized spacial score (nSPS) is 20.4. The third-order valence-electron chi connectivity index (χ3n) is 2.75. The Balaban J connectivity index is 2.56. The molecule has 2 rings (SSSR count). The predicted molar refractivity (Wildman–Crippen MR) is 53.1 cm³/mol. The van der Waals surface area contributed by atoms with Crippen LogP contribution in [-0.4, -0.2) is 19.9 Å². The number of hydrogen-bond donors (Lipinski definition) is 0. The maximum absolute atomic E-state index is 13.5. The van der Waals surface area contributed by atoms with E-state index < -0.39 is 0 Å². The average molecular weight is 193 g/mol. The number of rotatable bonds is 1. The minimum Gasteiger partial charge on any atom is -0.374 e. The van der Waals surface area contributed by atoms with Crippen molar-refractivity contribution in [3.8, 4) is 0 Å². The van der Waals surface area contributed by atoms with Crippen molar-refractivity contribution in [2.24, 2.45) is 0 Å². The Morgan fingerprint density at radius 3 is 3.07 bits per heavy atom. The standard InChI is InChI=1S/C11H12FNO/c1-13-6-5-8(7-14)11-9(12)3-2-4-10(11)13/h2-4,7-8H,5-6H2,1H3. The molecule has 0 spiro atoms. The second-order valence-corrected chi connectivity index (χ2v) is 3.63. The van der Waals surface area contributed by atoms with Crippen LogP contribution < -0.4 is 4.90 Å². The van der Waals surface area contributed by atoms with Crippen LogP contribution in [0.5, 0.6) is 0 Å². The summed E-state index contributed by atoms with van der Waals surface area (Å²) in [7, 11) is 1.92. The van der Waals surface area contributed by atoms with Gasteiger partial charge in [-0.25, -0.2) is 4.39 Å². The van der Waals surface area contributed by atoms with Gasteiger partial charge in [0, 0.05) is 30.8 Å². The van der Waals surface area contributed by atoms with Gasteiger partial charge in [-0.3, -0.25) is 0 Å². The Morgan fingerprint density at radius 2 is 2.36 bits per heavy atom. The molecule has 0 N–H and O–H groups in total. The van der Waals surface area contributed by atoms with Crippen molar-refractivity contribution in [1.82, 2.24) is 0 Å². The fraction of sp³-hybridized carbons (Fsp3) is 0.364. The zero-order chi connectivity index (χ0) is 10.1. The van der Waals surface area contributed by atoms with Crippen molar-refractivity contribution in [3.05, 3.63) is 29.6 Å². The zero-order valence-corrected chi connectivity index (χ0v) is 8.03. The minimum atomic E-state index is -0.276. The molecule has 0 amide bonds. The molecule has 0 saturated heterocycles. The summed E-state index contributed by atoms with van der Waals surface area (Å²) in [5.41, 5.74) is 1.39. The van der Waals surface area contributed by atoms with E-state index in [1.54, 1.807) is 6.07 Å². The Kier molecular flexibility index (Phi) is 2.23. The number of carbonyl (C=O) groups is 1. The third kappa shape index (κ3) is 1.29. The van der Waals surface area contributed by atoms with Gasteiger partial charge in [-0.2, -0.15) is 0 Å². The van der Waals surface area contributed by atoms with Gasteiger partial charge in [0.05, 0.1) is 0 Å². The molecule has 0 bridgehead atoms. The van der Waals surface area contributed by atoms with Crippen LogP contribution in [0.2, 0.25) is 0 Å². The van der Waals surface area contributed by atoms with Crippen LogP contribution >= 0.6 is 0 Å². The molecule has 1 aliphatic heterocycles. The van der Waals surface area contributed by atoms with Crippen LogP contribution in [0, 0.1) is 5.82 Å². The molecule has 1 aromatic rings. The molecule has 3 heteroatoms. The van der Waals surface area contributed by atoms with Crippen LogP contribution in [0.15, 0.2) is 18.2 Å². The van der Waals surface area contributed by atoms with Gasteiger partial charge in [0.25, 0.3) is 0 Å². The van der Waals surface area contributed by atoms with E-state index in [2.05, 4.69) is 0 Å². The van der Waals surface area contributed by atoms with Gasteiger partial charge >= 0.3 is 0 Å². The van der Waals surface area contributed by atoms with E-state index in [0.717, 1.165) is 18.5 Å². The summed E-state index contributed by atoms with van der Waals surface area (Å²) in [6.45, 7) is 0.805. The first-order valence-electron chi connectivity index (χ1n) is 4.69. The molecule has 14 heavy (non-hydrogen) atoms. The number of halogens is 1. The number of aldehydes is 1. The number of benzene rings is 1. The highest BCUT2D eigenvalue weighted by Gasteiger charge is 2.25. The van der Waals surface area contributed by atoms with E-state index in [4.69, 9.17) is 0 Å². The summed E-state index contributed by atoms with van der Waals surface area (Å²) >= 11 is 0. The molecule has 0 aromatic heterocycles. The summed E-state index contributed by atoms with van der Waals surface area (Å²) in [6, 6.07) is 4.94. The first-order valence-corrected chi connectivity index (χ1v) is 4.69. The van der Waals surface area contributed by atoms with E-state index in [1.807, 2.05) is 18.0 Å². The maximum Gasteiger partial charge on any atom is 0.129 e. The summed E-state index contributed by atoms with van der Waals surface area (Å²) < 4.78 is 13.5. The van der Waals surface area contributed by atoms with E-state index in [-0.39, 0.29) is 11.7 Å². The highest BCUT2D eigenvalue weighted by atomic mass is 19.1. The van der Waals surface area contributed by atoms with E-state index in [1.165, 1.54) is 6.07 Å². The van der Waals surface area contributed by atoms with Crippen LogP contribution in [0.25, 0.3) is 0 Å². The molecule has 1 aliphatic rings. The smallest absolute Gasteiger partial charge is 0.129 e. The van der Waals surface area contributed by atoms with Crippen molar-refractivity contribution in [3.63, 3.8) is 0 Å². The van der Waals surface area contributed by atoms with Gasteiger partial charge in [0.2, 0.25) is 0 Å². The number of carbonyl (C=O) groups excluding carboxylic acids is 1. The third-order valence-corrected chi connectivity index (χ3v) is 2.75. The SMILES string of the molecule is CN1CCC(C=O)c2c(F)cccc21. The Morgan fingerprint density at radius 1 is 1.57 bits per heavy atom. The maximum atomic E-state index is 13.5. The molecule has 74 valence electrons. The molecule has 2 nitrogen and oxygen atoms in total. The van der Waals surface area contributed by atoms with Gasteiger partial charge in [0.15, 0.2) is 0 Å². The quantitative estimate of drug-likeness (QED) is 0.635. The lowest BCUT2D eigenvalue weighted by atomic mass is 9.91. The molecule has 0 fully saturated rings. The number of fused-ring (bicyclic) bond motifs is 1. The summed E-state index contributed by atoms with van der Waals surface area (Å²) in [5.74, 6) is -0.548. The van der Waals surface area contributed by atoms with Gasteiger partial charge in [-0.05, 0) is 18.6 Å². The monoisotopic (exact) mass is 193 g/mol. The summed E-state index contributed by atoms with van der Waals surface area (Å²) in [5, 5.41) is 0. The molecule has 0 radical (unpaired) electrons. The fourth-order valence-corrected chi connectivity index (χ4v) is 1.96. The Bertz CT molecular complexity index is 364. The topological polar surface area (TPSA) is 20.3 Å². The minimum absolute atomic E-state index is 0.272. The van der Waals surface area contributed by atoms with Gasteiger partial charge in [-0.15, -0.1) is 0 Å². The lowest BCUT2D eigenvalue weighted by Crippen LogP contribution is -2.28. The van der Waals surface area contributed by atoms with Crippen molar-refractivity contribution in [1.29, 1.82) is 0 Å². The number of hydrogen-bond acceptors (Lipinski definition) is 2. The van der Waals surface area contributed by atoms with Crippen molar-refractivity contribution >= 4 is 12.0 Å². The lowest BCUT2D eigenvalue weighted by Gasteiger charge is -2.30. The van der Waals surface area contributed by atoms with Crippen LogP contribution in [0.1, 0.15) is 17.9 Å². The number of anilines is 1. The van der Waals surface area contributed by atoms with Crippen molar-refractivity contribution in [2.75, 3.05) is 18.5 Å². The largest absolute Gasteiger partial charge is 0.374 e. The van der Waals surface area contributed by atoms with E-state index >= 15 is 0 Å². The molecule has 0 saturated carbocycles. The lowest BCUT2D eigenvalue weighted by molar-refractivity contribution is -0.109. The van der Waals surface area contributed by atoms with Gasteiger partial charge in [-0.1, -0.05) is 6.07 Å². The molecular weight excluding hydrogens is 181 g/mol. The van der Waals surface area contributed by atoms with Crippen LogP contribution in [0.3, 0.4) is 0 Å². The second kappa shape index (κ2) is 3.40. The van der Waals surface area contributed by atoms with Crippen LogP contribution in [0.4, 0.5) is 10.1 Å². The number of nitrogens with zero attached hydrogens (tertiary/aromatic N) is 1. The van der Waals surface area contributed by atoms with E-state index in [0.29, 0.717) is 12.0 Å². The second-order valence-electron chi connectivity index (χ2n) is 3.63. The zero-order valence-electron chi connectivity index (χ0n) is 8.03. The average Bonchev–Trinajstić information content (AvgIpc) is 2.20. The molecule has 1 heterocycles. The van der Waals surface area contributed by atoms with Crippen LogP contribution in [-0.2, 0) is 4.79 Å². The van der Waals surface area contributed by atoms with Crippen molar-refractivity contribution < 1.29 is 9.18 Å². The first-order chi connectivity index (χ1) is 6.74. The van der Waals surface area contributed by atoms with E-state index in [9.17, 15) is 9.18 Å². The predicted octanol–water partition coefficient (Wildman–Crippen LogP) is 1.95. The molecule has 1 unspecified atom stereocenters. The Hall–Kier alpha value is -1.38. The highest BCUT2D eigenvalue weighted by molar-refractivity contribution is 5.71. The van der Waals surface area contributed by atoms with Gasteiger partial charge < -0.3 is 9.69 Å². The van der Waals surface area contributed by atoms with Crippen molar-refractivity contribution in [2.45, 2.75) is 12.3 Å². The highest BCUT2D eigenvalue weighted by Crippen LogP contribution is 2.34. The molecule has 0 aliphatic carbocycles. The molecule has 1 aromatic carbocycles. The summed E-state index contributed by atoms with van der Waals surface area (Å²) in [4.78, 5) is 12.8.